The summed E-state index contributed by atoms with van der Waals surface area (Å²) in [5.74, 6) is 1.78. The third-order valence-corrected chi connectivity index (χ3v) is 1.63. The van der Waals surface area contributed by atoms with Crippen LogP contribution in [0.4, 0.5) is 0 Å². The molecule has 0 aliphatic heterocycles. The summed E-state index contributed by atoms with van der Waals surface area (Å²) in [6, 6.07) is 0. The summed E-state index contributed by atoms with van der Waals surface area (Å²) in [5, 5.41) is 11.3. The van der Waals surface area contributed by atoms with Gasteiger partial charge in [0.05, 0.1) is 0 Å². The van der Waals surface area contributed by atoms with Crippen LogP contribution >= 0.6 is 0 Å². The smallest absolute Gasteiger partial charge is 0.157 e. The van der Waals surface area contributed by atoms with Gasteiger partial charge in [0.2, 0.25) is 0 Å². The zero-order valence-electron chi connectivity index (χ0n) is 8.15. The number of hydrogen-bond acceptors (Lipinski definition) is 3. The zero-order chi connectivity index (χ0) is 9.84. The van der Waals surface area contributed by atoms with E-state index >= 15 is 0 Å². The molecule has 4 heteroatoms. The van der Waals surface area contributed by atoms with Crippen molar-refractivity contribution in [2.24, 2.45) is 0 Å². The molecule has 0 atom stereocenters. The third-order valence-electron chi connectivity index (χ3n) is 1.63. The van der Waals surface area contributed by atoms with Gasteiger partial charge in [0, 0.05) is 5.92 Å². The molecule has 0 amide bonds. The Morgan fingerprint density at radius 3 is 2.62 bits per heavy atom. The van der Waals surface area contributed by atoms with Crippen molar-refractivity contribution in [2.45, 2.75) is 26.7 Å². The number of hydrogen-bond donors (Lipinski definition) is 1. The first-order valence-electron chi connectivity index (χ1n) is 4.28. The lowest BCUT2D eigenvalue weighted by Crippen LogP contribution is -1.99. The van der Waals surface area contributed by atoms with Gasteiger partial charge in [-0.2, -0.15) is 0 Å². The fraction of sp³-hybridized carbons (Fsp3) is 0.444. The molecule has 1 N–H and O–H groups in total. The molecule has 1 aromatic heterocycles. The molecule has 13 heavy (non-hydrogen) atoms. The number of nitrogens with one attached hydrogen (secondary N) is 1. The van der Waals surface area contributed by atoms with E-state index in [4.69, 9.17) is 5.41 Å². The summed E-state index contributed by atoms with van der Waals surface area (Å²) < 4.78 is 1.47. The summed E-state index contributed by atoms with van der Waals surface area (Å²) in [6.07, 6.45) is 4.88. The van der Waals surface area contributed by atoms with Gasteiger partial charge < -0.3 is 0 Å². The van der Waals surface area contributed by atoms with Crippen LogP contribution in [0.1, 0.15) is 38.3 Å². The molecule has 0 radical (unpaired) electrons. The molecule has 0 saturated carbocycles. The molecule has 0 aliphatic rings. The minimum atomic E-state index is 0.296. The van der Waals surface area contributed by atoms with Gasteiger partial charge in [-0.25, -0.2) is 9.67 Å². The number of rotatable bonds is 3. The highest BCUT2D eigenvalue weighted by Crippen LogP contribution is 2.09. The van der Waals surface area contributed by atoms with Crippen molar-refractivity contribution in [3.05, 3.63) is 17.7 Å². The van der Waals surface area contributed by atoms with E-state index in [2.05, 4.69) is 10.1 Å². The molecule has 0 saturated heterocycles. The third kappa shape index (κ3) is 2.02. The molecule has 0 unspecified atom stereocenters. The van der Waals surface area contributed by atoms with Crippen LogP contribution < -0.4 is 0 Å². The predicted molar refractivity (Wildman–Crippen MR) is 53.0 cm³/mol. The highest BCUT2D eigenvalue weighted by Gasteiger charge is 2.08. The van der Waals surface area contributed by atoms with E-state index in [1.54, 1.807) is 0 Å². The first-order valence-corrected chi connectivity index (χ1v) is 4.28. The van der Waals surface area contributed by atoms with E-state index in [0.29, 0.717) is 11.7 Å². The largest absolute Gasteiger partial charge is 0.289 e. The van der Waals surface area contributed by atoms with Crippen LogP contribution in [0.5, 0.6) is 0 Å². The Morgan fingerprint density at radius 2 is 2.15 bits per heavy atom. The topological polar surface area (TPSA) is 54.6 Å². The van der Waals surface area contributed by atoms with E-state index in [0.717, 1.165) is 12.2 Å². The summed E-state index contributed by atoms with van der Waals surface area (Å²) in [7, 11) is 0. The molecular formula is C9H14N4. The molecule has 0 aliphatic carbocycles. The second kappa shape index (κ2) is 3.98. The SMILES string of the molecule is C/C=C\c1nc(C(C)C)nn1C=N. The van der Waals surface area contributed by atoms with E-state index in [1.165, 1.54) is 4.68 Å². The number of aromatic nitrogens is 3. The Hall–Kier alpha value is -1.45. The second-order valence-electron chi connectivity index (χ2n) is 3.06. The second-order valence-corrected chi connectivity index (χ2v) is 3.06. The normalized spacial score (nSPS) is 11.4. The van der Waals surface area contributed by atoms with Gasteiger partial charge in [-0.05, 0) is 13.0 Å². The van der Waals surface area contributed by atoms with Crippen molar-refractivity contribution in [3.63, 3.8) is 0 Å². The predicted octanol–water partition coefficient (Wildman–Crippen LogP) is 1.89. The maximum atomic E-state index is 7.12. The van der Waals surface area contributed by atoms with Crippen molar-refractivity contribution >= 4 is 12.4 Å². The Kier molecular flexibility index (Phi) is 2.95. The highest BCUT2D eigenvalue weighted by molar-refractivity contribution is 5.58. The Labute approximate surface area is 77.8 Å². The minimum absolute atomic E-state index is 0.296. The van der Waals surface area contributed by atoms with Gasteiger partial charge in [0.1, 0.15) is 6.34 Å². The van der Waals surface area contributed by atoms with Gasteiger partial charge in [-0.3, -0.25) is 5.41 Å². The van der Waals surface area contributed by atoms with Crippen LogP contribution in [0.15, 0.2) is 6.08 Å². The summed E-state index contributed by atoms with van der Waals surface area (Å²) in [4.78, 5) is 4.28. The molecule has 1 aromatic rings. The lowest BCUT2D eigenvalue weighted by Gasteiger charge is -1.93. The average molecular weight is 178 g/mol. The van der Waals surface area contributed by atoms with Crippen molar-refractivity contribution in [3.8, 4) is 0 Å². The molecule has 0 fully saturated rings. The van der Waals surface area contributed by atoms with E-state index < -0.39 is 0 Å². The molecule has 4 nitrogen and oxygen atoms in total. The number of allylic oxidation sites excluding steroid dienone is 1. The standard InChI is InChI=1S/C9H14N4/c1-4-5-8-11-9(7(2)3)12-13(8)6-10/h4-7,10H,1-3H3/b5-4-,10-6?. The average Bonchev–Trinajstić information content (AvgIpc) is 2.48. The quantitative estimate of drug-likeness (QED) is 0.567. The molecule has 70 valence electrons. The molecular weight excluding hydrogens is 164 g/mol. The maximum Gasteiger partial charge on any atom is 0.157 e. The lowest BCUT2D eigenvalue weighted by atomic mass is 10.2. The monoisotopic (exact) mass is 178 g/mol. The van der Waals surface area contributed by atoms with Gasteiger partial charge in [-0.15, -0.1) is 5.10 Å². The fourth-order valence-electron chi connectivity index (χ4n) is 0.955. The van der Waals surface area contributed by atoms with Crippen LogP contribution in [-0.4, -0.2) is 21.1 Å². The van der Waals surface area contributed by atoms with Crippen LogP contribution in [0.25, 0.3) is 6.08 Å². The maximum absolute atomic E-state index is 7.12. The van der Waals surface area contributed by atoms with Crippen LogP contribution in [-0.2, 0) is 0 Å². The first-order chi connectivity index (χ1) is 6.19. The summed E-state index contributed by atoms with van der Waals surface area (Å²) in [6.45, 7) is 5.98. The Balaban J connectivity index is 3.11. The summed E-state index contributed by atoms with van der Waals surface area (Å²) >= 11 is 0. The molecule has 1 heterocycles. The van der Waals surface area contributed by atoms with Gasteiger partial charge in [-0.1, -0.05) is 19.9 Å². The lowest BCUT2D eigenvalue weighted by molar-refractivity contribution is 0.767. The highest BCUT2D eigenvalue weighted by atomic mass is 15.3. The van der Waals surface area contributed by atoms with E-state index in [1.807, 2.05) is 32.9 Å². The van der Waals surface area contributed by atoms with E-state index in [9.17, 15) is 0 Å². The summed E-state index contributed by atoms with van der Waals surface area (Å²) in [5.41, 5.74) is 0. The van der Waals surface area contributed by atoms with Crippen molar-refractivity contribution in [2.75, 3.05) is 0 Å². The molecule has 0 bridgehead atoms. The van der Waals surface area contributed by atoms with Crippen molar-refractivity contribution in [1.82, 2.24) is 14.8 Å². The number of nitrogens with zero attached hydrogens (tertiary/aromatic N) is 3. The van der Waals surface area contributed by atoms with Gasteiger partial charge in [0.15, 0.2) is 11.6 Å². The molecule has 0 spiro atoms. The first kappa shape index (κ1) is 9.64. The molecule has 1 rings (SSSR count). The van der Waals surface area contributed by atoms with Crippen LogP contribution in [0.2, 0.25) is 0 Å². The van der Waals surface area contributed by atoms with E-state index in [-0.39, 0.29) is 0 Å². The fourth-order valence-corrected chi connectivity index (χ4v) is 0.955. The van der Waals surface area contributed by atoms with Gasteiger partial charge >= 0.3 is 0 Å². The van der Waals surface area contributed by atoms with Crippen molar-refractivity contribution in [1.29, 1.82) is 5.41 Å². The molecule has 0 aromatic carbocycles. The Morgan fingerprint density at radius 1 is 1.46 bits per heavy atom. The zero-order valence-corrected chi connectivity index (χ0v) is 8.15. The van der Waals surface area contributed by atoms with Crippen molar-refractivity contribution < 1.29 is 0 Å². The van der Waals surface area contributed by atoms with Crippen LogP contribution in [0, 0.1) is 5.41 Å². The minimum Gasteiger partial charge on any atom is -0.289 e. The van der Waals surface area contributed by atoms with Crippen LogP contribution in [0.3, 0.4) is 0 Å². The van der Waals surface area contributed by atoms with Gasteiger partial charge in [0.25, 0.3) is 0 Å². The Bertz CT molecular complexity index is 322.